The molecule has 0 spiro atoms. The number of aromatic amines is 1. The van der Waals surface area contributed by atoms with Gasteiger partial charge in [0.2, 0.25) is 5.95 Å². The van der Waals surface area contributed by atoms with Gasteiger partial charge in [-0.15, -0.1) is 0 Å². The molecular formula is C14H23N7. The monoisotopic (exact) mass is 289 g/mol. The lowest BCUT2D eigenvalue weighted by Crippen LogP contribution is -2.40. The van der Waals surface area contributed by atoms with Crippen molar-refractivity contribution < 1.29 is 0 Å². The molecule has 0 bridgehead atoms. The third-order valence-electron chi connectivity index (χ3n) is 4.41. The highest BCUT2D eigenvalue weighted by Gasteiger charge is 2.29. The third kappa shape index (κ3) is 2.92. The number of nitrogens with zero attached hydrogens (tertiary/aromatic N) is 4. The van der Waals surface area contributed by atoms with Crippen molar-refractivity contribution in [2.75, 3.05) is 44.4 Å². The van der Waals surface area contributed by atoms with Crippen molar-refractivity contribution in [1.82, 2.24) is 25.1 Å². The molecule has 0 saturated carbocycles. The van der Waals surface area contributed by atoms with Crippen LogP contribution in [0, 0.1) is 5.41 Å². The van der Waals surface area contributed by atoms with Gasteiger partial charge in [0.1, 0.15) is 5.82 Å². The van der Waals surface area contributed by atoms with Crippen LogP contribution < -0.4 is 10.6 Å². The second-order valence-electron chi connectivity index (χ2n) is 6.25. The van der Waals surface area contributed by atoms with Crippen LogP contribution in [-0.2, 0) is 0 Å². The number of likely N-dealkylation sites (tertiary alicyclic amines) is 1. The summed E-state index contributed by atoms with van der Waals surface area (Å²) >= 11 is 0. The lowest BCUT2D eigenvalue weighted by Gasteiger charge is -2.38. The summed E-state index contributed by atoms with van der Waals surface area (Å²) in [5.41, 5.74) is 1.07. The Labute approximate surface area is 124 Å². The predicted octanol–water partition coefficient (Wildman–Crippen LogP) is 1.54. The molecule has 7 nitrogen and oxygen atoms in total. The van der Waals surface area contributed by atoms with Crippen LogP contribution >= 0.6 is 0 Å². The summed E-state index contributed by atoms with van der Waals surface area (Å²) in [5, 5.41) is 14.4. The van der Waals surface area contributed by atoms with E-state index in [1.54, 1.807) is 6.20 Å². The number of nitrogens with one attached hydrogen (secondary N) is 3. The molecule has 114 valence electrons. The van der Waals surface area contributed by atoms with E-state index in [0.717, 1.165) is 36.5 Å². The van der Waals surface area contributed by atoms with Crippen LogP contribution in [0.3, 0.4) is 0 Å². The summed E-state index contributed by atoms with van der Waals surface area (Å²) in [6.45, 7) is 5.58. The molecule has 1 aliphatic rings. The van der Waals surface area contributed by atoms with Gasteiger partial charge in [-0.05, 0) is 38.4 Å². The van der Waals surface area contributed by atoms with E-state index in [2.05, 4.69) is 49.7 Å². The van der Waals surface area contributed by atoms with Gasteiger partial charge in [-0.2, -0.15) is 15.1 Å². The lowest BCUT2D eigenvalue weighted by atomic mass is 9.80. The zero-order chi connectivity index (χ0) is 14.9. The highest BCUT2D eigenvalue weighted by molar-refractivity contribution is 5.86. The zero-order valence-corrected chi connectivity index (χ0v) is 12.9. The molecule has 3 heterocycles. The first-order valence-corrected chi connectivity index (χ1v) is 7.41. The molecule has 0 atom stereocenters. The van der Waals surface area contributed by atoms with Crippen molar-refractivity contribution in [2.45, 2.75) is 19.8 Å². The first kappa shape index (κ1) is 14.1. The van der Waals surface area contributed by atoms with E-state index in [4.69, 9.17) is 0 Å². The molecule has 1 fully saturated rings. The molecule has 2 aromatic heterocycles. The lowest BCUT2D eigenvalue weighted by molar-refractivity contribution is 0.150. The van der Waals surface area contributed by atoms with Gasteiger partial charge in [-0.25, -0.2) is 0 Å². The molecule has 0 aromatic carbocycles. The summed E-state index contributed by atoms with van der Waals surface area (Å²) < 4.78 is 0. The van der Waals surface area contributed by atoms with Gasteiger partial charge in [0, 0.05) is 13.6 Å². The van der Waals surface area contributed by atoms with Gasteiger partial charge in [0.25, 0.3) is 0 Å². The van der Waals surface area contributed by atoms with E-state index in [1.807, 2.05) is 7.05 Å². The van der Waals surface area contributed by atoms with Crippen LogP contribution in [0.15, 0.2) is 6.20 Å². The van der Waals surface area contributed by atoms with Crippen molar-refractivity contribution in [1.29, 1.82) is 0 Å². The maximum Gasteiger partial charge on any atom is 0.226 e. The Kier molecular flexibility index (Phi) is 3.67. The van der Waals surface area contributed by atoms with Gasteiger partial charge < -0.3 is 15.5 Å². The number of hydrogen-bond donors (Lipinski definition) is 3. The van der Waals surface area contributed by atoms with E-state index in [9.17, 15) is 0 Å². The minimum Gasteiger partial charge on any atom is -0.369 e. The van der Waals surface area contributed by atoms with Gasteiger partial charge >= 0.3 is 0 Å². The Hall–Kier alpha value is -1.89. The molecule has 0 aliphatic carbocycles. The number of aromatic nitrogens is 4. The Morgan fingerprint density at radius 2 is 2.10 bits per heavy atom. The molecule has 2 aromatic rings. The summed E-state index contributed by atoms with van der Waals surface area (Å²) in [4.78, 5) is 11.3. The van der Waals surface area contributed by atoms with Gasteiger partial charge in [0.15, 0.2) is 5.65 Å². The number of H-pyrrole nitrogens is 1. The molecule has 1 saturated heterocycles. The fraction of sp³-hybridized carbons (Fsp3) is 0.643. The van der Waals surface area contributed by atoms with E-state index in [1.165, 1.54) is 12.8 Å². The largest absolute Gasteiger partial charge is 0.369 e. The zero-order valence-electron chi connectivity index (χ0n) is 12.9. The minimum absolute atomic E-state index is 0.313. The normalized spacial score (nSPS) is 18.8. The Bertz CT molecular complexity index is 613. The summed E-state index contributed by atoms with van der Waals surface area (Å²) in [5.74, 6) is 1.45. The Morgan fingerprint density at radius 3 is 2.81 bits per heavy atom. The van der Waals surface area contributed by atoms with Crippen LogP contribution in [0.5, 0.6) is 0 Å². The Balaban J connectivity index is 1.77. The molecule has 21 heavy (non-hydrogen) atoms. The van der Waals surface area contributed by atoms with Crippen LogP contribution in [0.1, 0.15) is 19.8 Å². The molecule has 0 radical (unpaired) electrons. The first-order chi connectivity index (χ1) is 10.1. The fourth-order valence-electron chi connectivity index (χ4n) is 2.71. The summed E-state index contributed by atoms with van der Waals surface area (Å²) in [6.07, 6.45) is 4.18. The second-order valence-corrected chi connectivity index (χ2v) is 6.25. The van der Waals surface area contributed by atoms with Gasteiger partial charge in [-0.1, -0.05) is 6.92 Å². The maximum atomic E-state index is 4.52. The summed E-state index contributed by atoms with van der Waals surface area (Å²) in [7, 11) is 4.01. The first-order valence-electron chi connectivity index (χ1n) is 7.41. The van der Waals surface area contributed by atoms with Crippen molar-refractivity contribution in [3.8, 4) is 0 Å². The standard InChI is InChI=1S/C14H23N7/c1-14(4-6-21(3)7-5-14)9-16-11-10-8-17-20-12(10)19-13(15-2)18-11/h8H,4-7,9H2,1-3H3,(H3,15,16,17,18,19,20). The topological polar surface area (TPSA) is 81.8 Å². The van der Waals surface area contributed by atoms with Crippen molar-refractivity contribution in [3.05, 3.63) is 6.20 Å². The molecule has 7 heteroatoms. The minimum atomic E-state index is 0.313. The average molecular weight is 289 g/mol. The van der Waals surface area contributed by atoms with E-state index < -0.39 is 0 Å². The molecule has 1 aliphatic heterocycles. The van der Waals surface area contributed by atoms with E-state index >= 15 is 0 Å². The number of anilines is 2. The van der Waals surface area contributed by atoms with Crippen LogP contribution in [0.25, 0.3) is 11.0 Å². The molecule has 0 amide bonds. The number of rotatable bonds is 4. The van der Waals surface area contributed by atoms with Crippen molar-refractivity contribution >= 4 is 22.8 Å². The predicted molar refractivity (Wildman–Crippen MR) is 84.6 cm³/mol. The maximum absolute atomic E-state index is 4.52. The molecule has 3 N–H and O–H groups in total. The number of hydrogen-bond acceptors (Lipinski definition) is 6. The van der Waals surface area contributed by atoms with Crippen LogP contribution in [0.4, 0.5) is 11.8 Å². The van der Waals surface area contributed by atoms with E-state index in [-0.39, 0.29) is 0 Å². The van der Waals surface area contributed by atoms with Crippen molar-refractivity contribution in [3.63, 3.8) is 0 Å². The molecule has 0 unspecified atom stereocenters. The SMILES string of the molecule is CNc1nc(NCC2(C)CCN(C)CC2)c2cn[nH]c2n1. The van der Waals surface area contributed by atoms with Crippen molar-refractivity contribution in [2.24, 2.45) is 5.41 Å². The van der Waals surface area contributed by atoms with E-state index in [0.29, 0.717) is 11.4 Å². The summed E-state index contributed by atoms with van der Waals surface area (Å²) in [6, 6.07) is 0. The van der Waals surface area contributed by atoms with Crippen LogP contribution in [0.2, 0.25) is 0 Å². The van der Waals surface area contributed by atoms with Gasteiger partial charge in [0.05, 0.1) is 11.6 Å². The number of piperidine rings is 1. The van der Waals surface area contributed by atoms with Crippen LogP contribution in [-0.4, -0.2) is 58.8 Å². The highest BCUT2D eigenvalue weighted by atomic mass is 15.2. The molecular weight excluding hydrogens is 266 g/mol. The van der Waals surface area contributed by atoms with Gasteiger partial charge in [-0.3, -0.25) is 5.10 Å². The fourth-order valence-corrected chi connectivity index (χ4v) is 2.71. The second kappa shape index (κ2) is 5.48. The highest BCUT2D eigenvalue weighted by Crippen LogP contribution is 2.31. The molecule has 3 rings (SSSR count). The average Bonchev–Trinajstić information content (AvgIpc) is 2.96. The third-order valence-corrected chi connectivity index (χ3v) is 4.41. The smallest absolute Gasteiger partial charge is 0.226 e. The Morgan fingerprint density at radius 1 is 1.33 bits per heavy atom. The number of fused-ring (bicyclic) bond motifs is 1. The quantitative estimate of drug-likeness (QED) is 0.792.